The molecule has 0 bridgehead atoms. The SMILES string of the molecule is Cc1cc(C)n(C(C[N+](=O)[O-])c2cccc(Cl)c2)n1. The summed E-state index contributed by atoms with van der Waals surface area (Å²) in [5.41, 5.74) is 2.52. The fraction of sp³-hybridized carbons (Fsp3) is 0.308. The minimum absolute atomic E-state index is 0.220. The van der Waals surface area contributed by atoms with Gasteiger partial charge in [0.25, 0.3) is 0 Å². The van der Waals surface area contributed by atoms with Crippen LogP contribution in [-0.4, -0.2) is 21.2 Å². The zero-order valence-corrected chi connectivity index (χ0v) is 11.5. The first-order valence-electron chi connectivity index (χ1n) is 5.87. The normalized spacial score (nSPS) is 12.4. The summed E-state index contributed by atoms with van der Waals surface area (Å²) < 4.78 is 1.68. The molecular weight excluding hydrogens is 266 g/mol. The number of aryl methyl sites for hydroxylation is 2. The van der Waals surface area contributed by atoms with Crippen molar-refractivity contribution in [2.24, 2.45) is 0 Å². The zero-order chi connectivity index (χ0) is 14.0. The number of benzene rings is 1. The Bertz CT molecular complexity index is 610. The molecule has 0 aliphatic carbocycles. The first-order chi connectivity index (χ1) is 8.97. The first-order valence-corrected chi connectivity index (χ1v) is 6.25. The van der Waals surface area contributed by atoms with E-state index >= 15 is 0 Å². The third-order valence-corrected chi connectivity index (χ3v) is 3.13. The topological polar surface area (TPSA) is 61.0 Å². The van der Waals surface area contributed by atoms with Crippen LogP contribution in [0.25, 0.3) is 0 Å². The van der Waals surface area contributed by atoms with Gasteiger partial charge in [-0.1, -0.05) is 23.7 Å². The Morgan fingerprint density at radius 1 is 1.42 bits per heavy atom. The van der Waals surface area contributed by atoms with E-state index in [9.17, 15) is 10.1 Å². The lowest BCUT2D eigenvalue weighted by Gasteiger charge is -2.16. The summed E-state index contributed by atoms with van der Waals surface area (Å²) in [4.78, 5) is 10.6. The number of rotatable bonds is 4. The van der Waals surface area contributed by atoms with E-state index < -0.39 is 6.04 Å². The fourth-order valence-electron chi connectivity index (χ4n) is 2.14. The highest BCUT2D eigenvalue weighted by Crippen LogP contribution is 2.23. The lowest BCUT2D eigenvalue weighted by molar-refractivity contribution is -0.484. The Morgan fingerprint density at radius 3 is 2.68 bits per heavy atom. The van der Waals surface area contributed by atoms with Crippen molar-refractivity contribution in [3.05, 3.63) is 62.4 Å². The van der Waals surface area contributed by atoms with E-state index in [1.807, 2.05) is 26.0 Å². The Morgan fingerprint density at radius 2 is 2.16 bits per heavy atom. The van der Waals surface area contributed by atoms with Gasteiger partial charge in [-0.15, -0.1) is 0 Å². The van der Waals surface area contributed by atoms with Gasteiger partial charge in [0.1, 0.15) is 6.04 Å². The number of hydrogen-bond acceptors (Lipinski definition) is 3. The molecule has 0 fully saturated rings. The highest BCUT2D eigenvalue weighted by Gasteiger charge is 2.22. The summed E-state index contributed by atoms with van der Waals surface area (Å²) >= 11 is 5.96. The van der Waals surface area contributed by atoms with Crippen LogP contribution < -0.4 is 0 Å². The van der Waals surface area contributed by atoms with Gasteiger partial charge in [0.05, 0.1) is 5.69 Å². The van der Waals surface area contributed by atoms with Crippen molar-refractivity contribution in [3.8, 4) is 0 Å². The van der Waals surface area contributed by atoms with Crippen LogP contribution in [0.1, 0.15) is 23.0 Å². The maximum atomic E-state index is 10.9. The molecule has 5 nitrogen and oxygen atoms in total. The molecule has 0 saturated heterocycles. The van der Waals surface area contributed by atoms with Crippen molar-refractivity contribution in [3.63, 3.8) is 0 Å². The molecule has 0 spiro atoms. The molecule has 1 aromatic carbocycles. The van der Waals surface area contributed by atoms with Gasteiger partial charge in [-0.2, -0.15) is 5.10 Å². The summed E-state index contributed by atoms with van der Waals surface area (Å²) in [5, 5.41) is 15.8. The molecule has 19 heavy (non-hydrogen) atoms. The van der Waals surface area contributed by atoms with Crippen molar-refractivity contribution >= 4 is 11.6 Å². The van der Waals surface area contributed by atoms with Gasteiger partial charge in [0.15, 0.2) is 0 Å². The van der Waals surface area contributed by atoms with Crippen LogP contribution in [0.2, 0.25) is 5.02 Å². The summed E-state index contributed by atoms with van der Waals surface area (Å²) in [6.07, 6.45) is 0. The minimum atomic E-state index is -0.442. The largest absolute Gasteiger partial charge is 0.264 e. The van der Waals surface area contributed by atoms with E-state index in [0.717, 1.165) is 17.0 Å². The van der Waals surface area contributed by atoms with E-state index in [1.54, 1.807) is 22.9 Å². The maximum absolute atomic E-state index is 10.9. The minimum Gasteiger partial charge on any atom is -0.264 e. The molecule has 1 atom stereocenters. The fourth-order valence-corrected chi connectivity index (χ4v) is 2.34. The molecule has 1 aromatic heterocycles. The van der Waals surface area contributed by atoms with Crippen LogP contribution in [0.3, 0.4) is 0 Å². The molecule has 2 aromatic rings. The van der Waals surface area contributed by atoms with Crippen molar-refractivity contribution < 1.29 is 4.92 Å². The Labute approximate surface area is 116 Å². The second-order valence-corrected chi connectivity index (χ2v) is 4.89. The van der Waals surface area contributed by atoms with Crippen LogP contribution in [0.5, 0.6) is 0 Å². The van der Waals surface area contributed by atoms with Gasteiger partial charge >= 0.3 is 0 Å². The average Bonchev–Trinajstić information content (AvgIpc) is 2.65. The van der Waals surface area contributed by atoms with E-state index in [4.69, 9.17) is 11.6 Å². The summed E-state index contributed by atoms with van der Waals surface area (Å²) in [7, 11) is 0. The van der Waals surface area contributed by atoms with Crippen molar-refractivity contribution in [1.82, 2.24) is 9.78 Å². The summed E-state index contributed by atoms with van der Waals surface area (Å²) in [6, 6.07) is 8.56. The number of nitrogens with zero attached hydrogens (tertiary/aromatic N) is 3. The number of aromatic nitrogens is 2. The summed E-state index contributed by atoms with van der Waals surface area (Å²) in [6.45, 7) is 3.53. The first kappa shape index (κ1) is 13.5. The molecule has 100 valence electrons. The quantitative estimate of drug-likeness (QED) is 0.638. The van der Waals surface area contributed by atoms with Gasteiger partial charge in [0, 0.05) is 15.6 Å². The molecule has 0 amide bonds. The molecule has 0 aliphatic heterocycles. The Kier molecular flexibility index (Phi) is 3.85. The molecule has 1 heterocycles. The molecule has 2 rings (SSSR count). The van der Waals surface area contributed by atoms with E-state index in [-0.39, 0.29) is 11.5 Å². The van der Waals surface area contributed by atoms with Crippen molar-refractivity contribution in [2.75, 3.05) is 6.54 Å². The number of hydrogen-bond donors (Lipinski definition) is 0. The van der Waals surface area contributed by atoms with Crippen molar-refractivity contribution in [2.45, 2.75) is 19.9 Å². The van der Waals surface area contributed by atoms with E-state index in [0.29, 0.717) is 5.02 Å². The predicted octanol–water partition coefficient (Wildman–Crippen LogP) is 3.02. The summed E-state index contributed by atoms with van der Waals surface area (Å²) in [5.74, 6) is 0. The van der Waals surface area contributed by atoms with Crippen LogP contribution in [0, 0.1) is 24.0 Å². The lowest BCUT2D eigenvalue weighted by Crippen LogP contribution is -2.22. The Hall–Kier alpha value is -1.88. The second kappa shape index (κ2) is 5.40. The average molecular weight is 280 g/mol. The molecule has 6 heteroatoms. The van der Waals surface area contributed by atoms with Crippen LogP contribution >= 0.6 is 11.6 Å². The highest BCUT2D eigenvalue weighted by atomic mass is 35.5. The molecule has 0 aliphatic rings. The molecule has 0 saturated carbocycles. The van der Waals surface area contributed by atoms with Gasteiger partial charge in [-0.3, -0.25) is 14.8 Å². The second-order valence-electron chi connectivity index (χ2n) is 4.46. The van der Waals surface area contributed by atoms with Gasteiger partial charge in [-0.25, -0.2) is 0 Å². The van der Waals surface area contributed by atoms with Gasteiger partial charge in [-0.05, 0) is 37.6 Å². The van der Waals surface area contributed by atoms with Gasteiger partial charge < -0.3 is 0 Å². The lowest BCUT2D eigenvalue weighted by atomic mass is 10.1. The zero-order valence-electron chi connectivity index (χ0n) is 10.7. The highest BCUT2D eigenvalue weighted by molar-refractivity contribution is 6.30. The monoisotopic (exact) mass is 279 g/mol. The molecular formula is C13H14ClN3O2. The third kappa shape index (κ3) is 3.12. The van der Waals surface area contributed by atoms with Crippen molar-refractivity contribution in [1.29, 1.82) is 0 Å². The standard InChI is InChI=1S/C13H14ClN3O2/c1-9-6-10(2)17(15-9)13(8-16(18)19)11-4-3-5-12(14)7-11/h3-7,13H,8H2,1-2H3. The third-order valence-electron chi connectivity index (χ3n) is 2.90. The van der Waals surface area contributed by atoms with E-state index in [2.05, 4.69) is 5.10 Å². The van der Waals surface area contributed by atoms with Crippen LogP contribution in [0.4, 0.5) is 0 Å². The molecule has 1 unspecified atom stereocenters. The smallest absolute Gasteiger partial charge is 0.230 e. The number of halogens is 1. The van der Waals surface area contributed by atoms with E-state index in [1.165, 1.54) is 0 Å². The Balaban J connectivity index is 2.47. The molecule has 0 N–H and O–H groups in total. The van der Waals surface area contributed by atoms with Crippen LogP contribution in [-0.2, 0) is 0 Å². The molecule has 0 radical (unpaired) electrons. The maximum Gasteiger partial charge on any atom is 0.230 e. The predicted molar refractivity (Wildman–Crippen MR) is 73.2 cm³/mol. The number of nitro groups is 1. The van der Waals surface area contributed by atoms with Crippen LogP contribution in [0.15, 0.2) is 30.3 Å². The van der Waals surface area contributed by atoms with Gasteiger partial charge in [0.2, 0.25) is 6.54 Å².